The molecule has 2 aromatic heterocycles. The summed E-state index contributed by atoms with van der Waals surface area (Å²) in [6.45, 7) is 0.890. The van der Waals surface area contributed by atoms with Gasteiger partial charge in [-0.3, -0.25) is 5.10 Å². The molecule has 26 heavy (non-hydrogen) atoms. The third kappa shape index (κ3) is 2.77. The fourth-order valence-corrected chi connectivity index (χ4v) is 4.34. The van der Waals surface area contributed by atoms with Gasteiger partial charge in [-0.05, 0) is 48.9 Å². The molecule has 1 aromatic carbocycles. The van der Waals surface area contributed by atoms with Gasteiger partial charge in [0.25, 0.3) is 0 Å². The van der Waals surface area contributed by atoms with E-state index in [2.05, 4.69) is 44.8 Å². The average Bonchev–Trinajstić information content (AvgIpc) is 3.37. The number of benzene rings is 1. The van der Waals surface area contributed by atoms with E-state index in [1.807, 2.05) is 12.3 Å². The van der Waals surface area contributed by atoms with Crippen molar-refractivity contribution in [2.45, 2.75) is 50.8 Å². The van der Waals surface area contributed by atoms with Crippen LogP contribution in [-0.2, 0) is 13.0 Å². The minimum atomic E-state index is -0.0935. The predicted octanol–water partition coefficient (Wildman–Crippen LogP) is 3.37. The maximum atomic E-state index is 9.64. The first-order valence-electron chi connectivity index (χ1n) is 9.52. The van der Waals surface area contributed by atoms with Crippen LogP contribution in [0.5, 0.6) is 0 Å². The first-order chi connectivity index (χ1) is 12.8. The second-order valence-corrected chi connectivity index (χ2v) is 7.56. The van der Waals surface area contributed by atoms with Crippen LogP contribution in [0.4, 0.5) is 0 Å². The van der Waals surface area contributed by atoms with Gasteiger partial charge < -0.3 is 15.4 Å². The molecule has 2 heterocycles. The lowest BCUT2D eigenvalue weighted by Crippen LogP contribution is -2.34. The molecule has 0 atom stereocenters. The summed E-state index contributed by atoms with van der Waals surface area (Å²) in [5.41, 5.74) is 8.50. The molecule has 5 rings (SSSR count). The van der Waals surface area contributed by atoms with Crippen LogP contribution in [0.15, 0.2) is 36.5 Å². The lowest BCUT2D eigenvalue weighted by molar-refractivity contribution is 0.116. The van der Waals surface area contributed by atoms with Crippen LogP contribution in [0, 0.1) is 0 Å². The Balaban J connectivity index is 1.32. The van der Waals surface area contributed by atoms with Gasteiger partial charge in [0.05, 0.1) is 23.2 Å². The highest BCUT2D eigenvalue weighted by Crippen LogP contribution is 2.40. The van der Waals surface area contributed by atoms with Crippen molar-refractivity contribution in [1.82, 2.24) is 20.5 Å². The Bertz CT molecular complexity index is 904. The first-order valence-corrected chi connectivity index (χ1v) is 9.52. The van der Waals surface area contributed by atoms with Crippen molar-refractivity contribution in [2.24, 2.45) is 0 Å². The van der Waals surface area contributed by atoms with Crippen molar-refractivity contribution >= 4 is 0 Å². The number of nitrogens with zero attached hydrogens (tertiary/aromatic N) is 1. The number of aromatic amines is 2. The van der Waals surface area contributed by atoms with E-state index in [0.717, 1.165) is 55.7 Å². The number of aliphatic hydroxyl groups is 1. The zero-order valence-corrected chi connectivity index (χ0v) is 14.8. The molecule has 0 amide bonds. The van der Waals surface area contributed by atoms with E-state index in [4.69, 9.17) is 0 Å². The summed E-state index contributed by atoms with van der Waals surface area (Å²) in [4.78, 5) is 3.27. The molecule has 0 saturated heterocycles. The Morgan fingerprint density at radius 3 is 2.85 bits per heavy atom. The highest BCUT2D eigenvalue weighted by Gasteiger charge is 2.26. The van der Waals surface area contributed by atoms with Crippen LogP contribution in [0.2, 0.25) is 0 Å². The topological polar surface area (TPSA) is 76.7 Å². The third-order valence-corrected chi connectivity index (χ3v) is 5.82. The van der Waals surface area contributed by atoms with E-state index in [0.29, 0.717) is 6.04 Å². The summed E-state index contributed by atoms with van der Waals surface area (Å²) in [7, 11) is 0. The summed E-state index contributed by atoms with van der Waals surface area (Å²) in [5, 5.41) is 21.1. The van der Waals surface area contributed by atoms with Crippen LogP contribution in [0.1, 0.15) is 42.4 Å². The Hall–Kier alpha value is -2.37. The molecule has 5 heteroatoms. The molecular formula is C21H24N4O. The van der Waals surface area contributed by atoms with Gasteiger partial charge in [0.1, 0.15) is 0 Å². The molecule has 134 valence electrons. The number of nitrogens with one attached hydrogen (secondary N) is 3. The summed E-state index contributed by atoms with van der Waals surface area (Å²) >= 11 is 0. The quantitative estimate of drug-likeness (QED) is 0.457. The van der Waals surface area contributed by atoms with Crippen molar-refractivity contribution in [2.75, 3.05) is 0 Å². The second kappa shape index (κ2) is 6.41. The Labute approximate surface area is 152 Å². The molecule has 3 aromatic rings. The zero-order chi connectivity index (χ0) is 17.5. The number of aliphatic hydroxyl groups excluding tert-OH is 1. The lowest BCUT2D eigenvalue weighted by Gasteiger charge is -2.26. The molecule has 2 aliphatic carbocycles. The monoisotopic (exact) mass is 348 g/mol. The molecule has 1 fully saturated rings. The van der Waals surface area contributed by atoms with Crippen LogP contribution in [0.25, 0.3) is 22.6 Å². The van der Waals surface area contributed by atoms with Gasteiger partial charge in [0.15, 0.2) is 0 Å². The normalized spacial score (nSPS) is 21.6. The minimum absolute atomic E-state index is 0.0935. The standard InChI is InChI=1S/C21H24N4O/c26-16-6-4-15(5-7-16)23-12-13-3-8-17-14(10-13)11-18-20(17)24-25-21(18)19-2-1-9-22-19/h1-3,8-10,15-16,22-23,26H,4-7,11-12H2,(H,24,25). The van der Waals surface area contributed by atoms with E-state index in [-0.39, 0.29) is 6.10 Å². The maximum Gasteiger partial charge on any atom is 0.0966 e. The van der Waals surface area contributed by atoms with Crippen molar-refractivity contribution < 1.29 is 5.11 Å². The number of fused-ring (bicyclic) bond motifs is 3. The average molecular weight is 348 g/mol. The Morgan fingerprint density at radius 2 is 2.04 bits per heavy atom. The maximum absolute atomic E-state index is 9.64. The van der Waals surface area contributed by atoms with E-state index in [1.165, 1.54) is 22.3 Å². The van der Waals surface area contributed by atoms with Crippen molar-refractivity contribution in [3.8, 4) is 22.6 Å². The molecule has 4 N–H and O–H groups in total. The third-order valence-electron chi connectivity index (χ3n) is 5.82. The number of aromatic nitrogens is 3. The fraction of sp³-hybridized carbons (Fsp3) is 0.381. The number of hydrogen-bond acceptors (Lipinski definition) is 3. The van der Waals surface area contributed by atoms with E-state index >= 15 is 0 Å². The summed E-state index contributed by atoms with van der Waals surface area (Å²) < 4.78 is 0. The summed E-state index contributed by atoms with van der Waals surface area (Å²) in [5.74, 6) is 0. The predicted molar refractivity (Wildman–Crippen MR) is 102 cm³/mol. The fourth-order valence-electron chi connectivity index (χ4n) is 4.34. The van der Waals surface area contributed by atoms with Crippen LogP contribution in [-0.4, -0.2) is 32.4 Å². The van der Waals surface area contributed by atoms with Gasteiger partial charge >= 0.3 is 0 Å². The van der Waals surface area contributed by atoms with Gasteiger partial charge in [0, 0.05) is 36.3 Å². The zero-order valence-electron chi connectivity index (χ0n) is 14.8. The highest BCUT2D eigenvalue weighted by molar-refractivity contribution is 5.80. The molecule has 0 unspecified atom stereocenters. The largest absolute Gasteiger partial charge is 0.393 e. The van der Waals surface area contributed by atoms with Crippen LogP contribution in [0.3, 0.4) is 0 Å². The van der Waals surface area contributed by atoms with Crippen LogP contribution >= 0.6 is 0 Å². The molecule has 1 saturated carbocycles. The van der Waals surface area contributed by atoms with Gasteiger partial charge in [0.2, 0.25) is 0 Å². The van der Waals surface area contributed by atoms with Gasteiger partial charge in [-0.1, -0.05) is 18.2 Å². The number of H-pyrrole nitrogens is 2. The van der Waals surface area contributed by atoms with Gasteiger partial charge in [-0.2, -0.15) is 5.10 Å². The molecule has 0 radical (unpaired) electrons. The smallest absolute Gasteiger partial charge is 0.0966 e. The molecule has 0 aliphatic heterocycles. The van der Waals surface area contributed by atoms with Crippen molar-refractivity contribution in [1.29, 1.82) is 0 Å². The number of rotatable bonds is 4. The van der Waals surface area contributed by atoms with Crippen LogP contribution < -0.4 is 5.32 Å². The van der Waals surface area contributed by atoms with E-state index < -0.39 is 0 Å². The summed E-state index contributed by atoms with van der Waals surface area (Å²) in [6.07, 6.45) is 6.76. The molecule has 0 spiro atoms. The molecular weight excluding hydrogens is 324 g/mol. The molecule has 2 aliphatic rings. The molecule has 0 bridgehead atoms. The SMILES string of the molecule is OC1CCC(NCc2ccc3c(c2)Cc2c-3n[nH]c2-c2ccc[nH]2)CC1. The second-order valence-electron chi connectivity index (χ2n) is 7.56. The highest BCUT2D eigenvalue weighted by atomic mass is 16.3. The molecule has 5 nitrogen and oxygen atoms in total. The lowest BCUT2D eigenvalue weighted by atomic mass is 9.93. The van der Waals surface area contributed by atoms with Gasteiger partial charge in [-0.25, -0.2) is 0 Å². The van der Waals surface area contributed by atoms with E-state index in [1.54, 1.807) is 0 Å². The van der Waals surface area contributed by atoms with Gasteiger partial charge in [-0.15, -0.1) is 0 Å². The van der Waals surface area contributed by atoms with Crippen molar-refractivity contribution in [3.05, 3.63) is 53.2 Å². The first kappa shape index (κ1) is 15.9. The Kier molecular flexibility index (Phi) is 3.91. The number of hydrogen-bond donors (Lipinski definition) is 4. The van der Waals surface area contributed by atoms with E-state index in [9.17, 15) is 5.11 Å². The minimum Gasteiger partial charge on any atom is -0.393 e. The van der Waals surface area contributed by atoms with Crippen molar-refractivity contribution in [3.63, 3.8) is 0 Å². The Morgan fingerprint density at radius 1 is 1.15 bits per heavy atom. The summed E-state index contributed by atoms with van der Waals surface area (Å²) in [6, 6.07) is 11.4.